The molecule has 0 saturated carbocycles. The van der Waals surface area contributed by atoms with Crippen molar-refractivity contribution in [3.63, 3.8) is 0 Å². The van der Waals surface area contributed by atoms with Gasteiger partial charge in [-0.3, -0.25) is 14.5 Å². The molecule has 0 aromatic heterocycles. The molecule has 6 heteroatoms. The monoisotopic (exact) mass is 268 g/mol. The highest BCUT2D eigenvalue weighted by atomic mass is 16.2. The average Bonchev–Trinajstić information content (AvgIpc) is 2.88. The summed E-state index contributed by atoms with van der Waals surface area (Å²) in [5.74, 6) is -0.365. The van der Waals surface area contributed by atoms with Gasteiger partial charge in [0, 0.05) is 39.3 Å². The number of likely N-dealkylation sites (tertiary alicyclic amines) is 1. The number of nitrogens with two attached hydrogens (primary N) is 1. The molecule has 0 spiro atoms. The van der Waals surface area contributed by atoms with Crippen molar-refractivity contribution in [1.82, 2.24) is 15.1 Å². The number of primary amides is 1. The van der Waals surface area contributed by atoms with Crippen molar-refractivity contribution in [3.05, 3.63) is 0 Å². The maximum Gasteiger partial charge on any atom is 0.242 e. The van der Waals surface area contributed by atoms with E-state index in [1.54, 1.807) is 4.90 Å². The van der Waals surface area contributed by atoms with E-state index in [4.69, 9.17) is 5.73 Å². The van der Waals surface area contributed by atoms with Crippen LogP contribution in [0.2, 0.25) is 0 Å². The highest BCUT2D eigenvalue weighted by Gasteiger charge is 2.41. The highest BCUT2D eigenvalue weighted by molar-refractivity contribution is 5.87. The number of carbonyl (C=O) groups is 2. The fourth-order valence-corrected chi connectivity index (χ4v) is 2.92. The van der Waals surface area contributed by atoms with E-state index in [0.29, 0.717) is 19.5 Å². The molecule has 2 saturated heterocycles. The van der Waals surface area contributed by atoms with Gasteiger partial charge >= 0.3 is 0 Å². The number of hydrogen-bond acceptors (Lipinski definition) is 4. The zero-order chi connectivity index (χ0) is 14.0. The van der Waals surface area contributed by atoms with Gasteiger partial charge in [0.25, 0.3) is 0 Å². The zero-order valence-corrected chi connectivity index (χ0v) is 11.8. The molecule has 3 N–H and O–H groups in total. The topological polar surface area (TPSA) is 78.7 Å². The molecule has 108 valence electrons. The summed E-state index contributed by atoms with van der Waals surface area (Å²) in [5, 5.41) is 3.29. The maximum absolute atomic E-state index is 12.6. The Bertz CT molecular complexity index is 364. The Morgan fingerprint density at radius 3 is 2.37 bits per heavy atom. The van der Waals surface area contributed by atoms with Crippen molar-refractivity contribution in [3.8, 4) is 0 Å². The number of amides is 2. The van der Waals surface area contributed by atoms with Gasteiger partial charge in [-0.2, -0.15) is 0 Å². The second-order valence-electron chi connectivity index (χ2n) is 5.94. The van der Waals surface area contributed by atoms with Crippen LogP contribution in [0.4, 0.5) is 0 Å². The van der Waals surface area contributed by atoms with Crippen molar-refractivity contribution < 1.29 is 9.59 Å². The van der Waals surface area contributed by atoms with Crippen molar-refractivity contribution in [2.24, 2.45) is 11.7 Å². The van der Waals surface area contributed by atoms with E-state index in [-0.39, 0.29) is 17.7 Å². The molecular weight excluding hydrogens is 244 g/mol. The first kappa shape index (κ1) is 14.3. The van der Waals surface area contributed by atoms with Crippen LogP contribution in [-0.2, 0) is 9.59 Å². The highest BCUT2D eigenvalue weighted by Crippen LogP contribution is 2.23. The van der Waals surface area contributed by atoms with E-state index >= 15 is 0 Å². The van der Waals surface area contributed by atoms with Gasteiger partial charge in [-0.25, -0.2) is 0 Å². The van der Waals surface area contributed by atoms with Crippen LogP contribution in [0.5, 0.6) is 0 Å². The number of hydrogen-bond donors (Lipinski definition) is 2. The summed E-state index contributed by atoms with van der Waals surface area (Å²) < 4.78 is 0. The van der Waals surface area contributed by atoms with Crippen LogP contribution in [0, 0.1) is 5.92 Å². The number of nitrogens with zero attached hydrogens (tertiary/aromatic N) is 2. The molecule has 6 nitrogen and oxygen atoms in total. The van der Waals surface area contributed by atoms with Gasteiger partial charge in [0.15, 0.2) is 0 Å². The summed E-state index contributed by atoms with van der Waals surface area (Å²) in [6.07, 6.45) is 0.693. The smallest absolute Gasteiger partial charge is 0.242 e. The minimum absolute atomic E-state index is 0.109. The van der Waals surface area contributed by atoms with Crippen LogP contribution >= 0.6 is 0 Å². The van der Waals surface area contributed by atoms with Gasteiger partial charge < -0.3 is 16.0 Å². The van der Waals surface area contributed by atoms with Crippen molar-refractivity contribution in [1.29, 1.82) is 0 Å². The summed E-state index contributed by atoms with van der Waals surface area (Å²) >= 11 is 0. The first-order chi connectivity index (χ1) is 8.93. The van der Waals surface area contributed by atoms with E-state index < -0.39 is 5.54 Å². The van der Waals surface area contributed by atoms with E-state index in [9.17, 15) is 9.59 Å². The fourth-order valence-electron chi connectivity index (χ4n) is 2.92. The molecule has 2 amide bonds. The fraction of sp³-hybridized carbons (Fsp3) is 0.846. The Kier molecular flexibility index (Phi) is 4.10. The Morgan fingerprint density at radius 2 is 1.84 bits per heavy atom. The van der Waals surface area contributed by atoms with Gasteiger partial charge in [-0.1, -0.05) is 0 Å². The lowest BCUT2D eigenvalue weighted by Crippen LogP contribution is -2.60. The molecular formula is C13H24N4O2. The summed E-state index contributed by atoms with van der Waals surface area (Å²) in [7, 11) is 0. The number of carbonyl (C=O) groups excluding carboxylic acids is 2. The maximum atomic E-state index is 12.6. The van der Waals surface area contributed by atoms with E-state index in [2.05, 4.69) is 10.2 Å². The molecule has 1 atom stereocenters. The third-order valence-electron chi connectivity index (χ3n) is 4.31. The molecule has 2 aliphatic rings. The minimum Gasteiger partial charge on any atom is -0.369 e. The SMILES string of the molecule is CC(C)(C(=O)N1CCC(C(N)=O)C1)N1CCNCC1. The molecule has 2 aliphatic heterocycles. The number of piperazine rings is 1. The van der Waals surface area contributed by atoms with Crippen LogP contribution in [0.25, 0.3) is 0 Å². The second-order valence-corrected chi connectivity index (χ2v) is 5.94. The lowest BCUT2D eigenvalue weighted by molar-refractivity contribution is -0.142. The Hall–Kier alpha value is -1.14. The lowest BCUT2D eigenvalue weighted by atomic mass is 9.99. The molecule has 19 heavy (non-hydrogen) atoms. The first-order valence-electron chi connectivity index (χ1n) is 6.97. The number of rotatable bonds is 3. The molecule has 0 aromatic rings. The molecule has 0 radical (unpaired) electrons. The van der Waals surface area contributed by atoms with Gasteiger partial charge in [0.1, 0.15) is 0 Å². The van der Waals surface area contributed by atoms with Crippen molar-refractivity contribution in [2.75, 3.05) is 39.3 Å². The summed E-state index contributed by atoms with van der Waals surface area (Å²) in [5.41, 5.74) is 4.81. The molecule has 0 bridgehead atoms. The van der Waals surface area contributed by atoms with Crippen molar-refractivity contribution in [2.45, 2.75) is 25.8 Å². The Morgan fingerprint density at radius 1 is 1.21 bits per heavy atom. The predicted octanol–water partition coefficient (Wildman–Crippen LogP) is -0.996. The summed E-state index contributed by atoms with van der Waals surface area (Å²) in [6, 6.07) is 0. The molecule has 2 rings (SSSR count). The second kappa shape index (κ2) is 5.46. The summed E-state index contributed by atoms with van der Waals surface area (Å²) in [6.45, 7) is 8.65. The zero-order valence-electron chi connectivity index (χ0n) is 11.8. The standard InChI is InChI=1S/C13H24N4O2/c1-13(2,17-7-4-15-5-8-17)12(19)16-6-3-10(9-16)11(14)18/h10,15H,3-9H2,1-2H3,(H2,14,18). The van der Waals surface area contributed by atoms with E-state index in [1.165, 1.54) is 0 Å². The van der Waals surface area contributed by atoms with Crippen LogP contribution < -0.4 is 11.1 Å². The van der Waals surface area contributed by atoms with Crippen molar-refractivity contribution >= 4 is 11.8 Å². The predicted molar refractivity (Wildman–Crippen MR) is 72.4 cm³/mol. The molecule has 0 aliphatic carbocycles. The molecule has 2 fully saturated rings. The molecule has 2 heterocycles. The van der Waals surface area contributed by atoms with Gasteiger partial charge in [0.2, 0.25) is 11.8 Å². The quantitative estimate of drug-likeness (QED) is 0.688. The normalized spacial score (nSPS) is 25.6. The van der Waals surface area contributed by atoms with Gasteiger partial charge in [-0.15, -0.1) is 0 Å². The van der Waals surface area contributed by atoms with Crippen LogP contribution in [0.15, 0.2) is 0 Å². The van der Waals surface area contributed by atoms with Gasteiger partial charge in [0.05, 0.1) is 11.5 Å². The van der Waals surface area contributed by atoms with Crippen LogP contribution in [0.1, 0.15) is 20.3 Å². The third-order valence-corrected chi connectivity index (χ3v) is 4.31. The van der Waals surface area contributed by atoms with Gasteiger partial charge in [-0.05, 0) is 20.3 Å². The lowest BCUT2D eigenvalue weighted by Gasteiger charge is -2.41. The van der Waals surface area contributed by atoms with Crippen LogP contribution in [0.3, 0.4) is 0 Å². The van der Waals surface area contributed by atoms with Crippen LogP contribution in [-0.4, -0.2) is 66.4 Å². The minimum atomic E-state index is -0.505. The first-order valence-corrected chi connectivity index (χ1v) is 6.97. The average molecular weight is 268 g/mol. The Labute approximate surface area is 114 Å². The number of nitrogens with one attached hydrogen (secondary N) is 1. The largest absolute Gasteiger partial charge is 0.369 e. The molecule has 1 unspecified atom stereocenters. The van der Waals surface area contributed by atoms with E-state index in [0.717, 1.165) is 26.2 Å². The Balaban J connectivity index is 2.00. The van der Waals surface area contributed by atoms with E-state index in [1.807, 2.05) is 13.8 Å². The molecule has 0 aromatic carbocycles. The third kappa shape index (κ3) is 2.90. The summed E-state index contributed by atoms with van der Waals surface area (Å²) in [4.78, 5) is 27.8.